The van der Waals surface area contributed by atoms with E-state index in [0.29, 0.717) is 23.1 Å². The van der Waals surface area contributed by atoms with E-state index in [1.165, 1.54) is 31.4 Å². The maximum atomic E-state index is 12.9. The van der Waals surface area contributed by atoms with Crippen molar-refractivity contribution in [3.8, 4) is 11.5 Å². The lowest BCUT2D eigenvalue weighted by atomic mass is 9.84. The predicted octanol–water partition coefficient (Wildman–Crippen LogP) is 3.05. The minimum Gasteiger partial charge on any atom is -0.508 e. The quantitative estimate of drug-likeness (QED) is 0.195. The van der Waals surface area contributed by atoms with Gasteiger partial charge >= 0.3 is 11.7 Å². The number of phenolic OH excluding ortho intramolecular Hbond substituents is 1. The molecule has 0 aliphatic carbocycles. The highest BCUT2D eigenvalue weighted by molar-refractivity contribution is 6.06. The SMILES string of the molecule is C=CCc1cc(C(=O)Nc2c(O)c3ccc(C[C@@H]4OC(C)(C)[C@H](OC)[C@@H](OC(N)=O)[C@H]4O)c(C)c3oc2=O)ccc1O. The number of aromatic hydroxyl groups is 2. The van der Waals surface area contributed by atoms with Crippen LogP contribution in [0.2, 0.25) is 0 Å². The summed E-state index contributed by atoms with van der Waals surface area (Å²) in [7, 11) is 1.41. The second-order valence-corrected chi connectivity index (χ2v) is 10.6. The van der Waals surface area contributed by atoms with Gasteiger partial charge in [-0.2, -0.15) is 0 Å². The van der Waals surface area contributed by atoms with Crippen LogP contribution in [0, 0.1) is 6.92 Å². The first-order valence-electron chi connectivity index (χ1n) is 13.2. The summed E-state index contributed by atoms with van der Waals surface area (Å²) in [6.07, 6.45) is -3.10. The minimum atomic E-state index is -1.30. The Kier molecular flexibility index (Phi) is 8.62. The number of methoxy groups -OCH3 is 1. The molecule has 2 heterocycles. The Morgan fingerprint density at radius 2 is 1.90 bits per heavy atom. The predicted molar refractivity (Wildman–Crippen MR) is 153 cm³/mol. The molecule has 0 unspecified atom stereocenters. The number of allylic oxidation sites excluding steroid dienone is 1. The van der Waals surface area contributed by atoms with Crippen LogP contribution < -0.4 is 16.7 Å². The van der Waals surface area contributed by atoms with Crippen LogP contribution in [0.1, 0.15) is 40.9 Å². The van der Waals surface area contributed by atoms with Crippen LogP contribution in [0.25, 0.3) is 11.0 Å². The Morgan fingerprint density at radius 1 is 1.19 bits per heavy atom. The third-order valence-electron chi connectivity index (χ3n) is 7.44. The van der Waals surface area contributed by atoms with E-state index in [4.69, 9.17) is 24.4 Å². The monoisotopic (exact) mass is 582 g/mol. The highest BCUT2D eigenvalue weighted by Crippen LogP contribution is 2.37. The van der Waals surface area contributed by atoms with Crippen molar-refractivity contribution >= 4 is 28.7 Å². The van der Waals surface area contributed by atoms with E-state index in [9.17, 15) is 29.7 Å². The van der Waals surface area contributed by atoms with E-state index in [1.54, 1.807) is 32.9 Å². The first-order chi connectivity index (χ1) is 19.8. The molecule has 1 aromatic heterocycles. The number of benzene rings is 2. The van der Waals surface area contributed by atoms with Crippen molar-refractivity contribution in [3.63, 3.8) is 0 Å². The molecule has 224 valence electrons. The first-order valence-corrected chi connectivity index (χ1v) is 13.2. The van der Waals surface area contributed by atoms with Crippen molar-refractivity contribution in [2.75, 3.05) is 12.4 Å². The van der Waals surface area contributed by atoms with Crippen LogP contribution >= 0.6 is 0 Å². The lowest BCUT2D eigenvalue weighted by Crippen LogP contribution is -2.64. The van der Waals surface area contributed by atoms with E-state index < -0.39 is 59.1 Å². The third kappa shape index (κ3) is 5.82. The number of aliphatic hydroxyl groups excluding tert-OH is 1. The summed E-state index contributed by atoms with van der Waals surface area (Å²) in [6.45, 7) is 8.76. The lowest BCUT2D eigenvalue weighted by molar-refractivity contribution is -0.260. The molecule has 4 rings (SSSR count). The van der Waals surface area contributed by atoms with Crippen LogP contribution in [0.4, 0.5) is 10.5 Å². The van der Waals surface area contributed by atoms with Crippen molar-refractivity contribution in [2.24, 2.45) is 5.73 Å². The molecule has 4 atom stereocenters. The second kappa shape index (κ2) is 11.8. The average molecular weight is 583 g/mol. The zero-order valence-electron chi connectivity index (χ0n) is 23.7. The average Bonchev–Trinajstić information content (AvgIpc) is 2.92. The Morgan fingerprint density at radius 3 is 2.55 bits per heavy atom. The Hall–Kier alpha value is -4.39. The van der Waals surface area contributed by atoms with E-state index in [2.05, 4.69) is 11.9 Å². The van der Waals surface area contributed by atoms with Gasteiger partial charge in [0.25, 0.3) is 5.91 Å². The molecule has 1 aliphatic rings. The number of hydrogen-bond acceptors (Lipinski definition) is 10. The lowest BCUT2D eigenvalue weighted by Gasteiger charge is -2.48. The molecule has 0 bridgehead atoms. The molecule has 1 fully saturated rings. The van der Waals surface area contributed by atoms with Crippen LogP contribution in [-0.4, -0.2) is 64.4 Å². The van der Waals surface area contributed by atoms with Crippen LogP contribution in [0.15, 0.2) is 52.2 Å². The third-order valence-corrected chi connectivity index (χ3v) is 7.44. The number of aliphatic hydroxyl groups is 1. The maximum Gasteiger partial charge on any atom is 0.404 e. The topological polar surface area (TPSA) is 191 Å². The van der Waals surface area contributed by atoms with Gasteiger partial charge in [0, 0.05) is 19.1 Å². The zero-order chi connectivity index (χ0) is 30.9. The molecule has 2 aromatic carbocycles. The molecule has 12 heteroatoms. The first kappa shape index (κ1) is 30.6. The van der Waals surface area contributed by atoms with E-state index in [0.717, 1.165) is 0 Å². The number of aryl methyl sites for hydroxylation is 1. The summed E-state index contributed by atoms with van der Waals surface area (Å²) in [5, 5.41) is 34.5. The Bertz CT molecular complexity index is 1600. The molecule has 3 aromatic rings. The van der Waals surface area contributed by atoms with Gasteiger partial charge in [-0.25, -0.2) is 9.59 Å². The highest BCUT2D eigenvalue weighted by atomic mass is 16.6. The largest absolute Gasteiger partial charge is 0.508 e. The van der Waals surface area contributed by atoms with Gasteiger partial charge in [0.05, 0.1) is 17.1 Å². The molecule has 0 spiro atoms. The number of carbonyl (C=O) groups is 2. The van der Waals surface area contributed by atoms with Gasteiger partial charge in [0.15, 0.2) is 17.5 Å². The van der Waals surface area contributed by atoms with Crippen molar-refractivity contribution in [1.82, 2.24) is 0 Å². The number of carbonyl (C=O) groups excluding carboxylic acids is 2. The summed E-state index contributed by atoms with van der Waals surface area (Å²) in [6, 6.07) is 7.38. The fraction of sp³-hybridized carbons (Fsp3) is 0.367. The van der Waals surface area contributed by atoms with Gasteiger partial charge in [-0.05, 0) is 68.1 Å². The summed E-state index contributed by atoms with van der Waals surface area (Å²) >= 11 is 0. The Labute approximate surface area is 241 Å². The second-order valence-electron chi connectivity index (χ2n) is 10.6. The van der Waals surface area contributed by atoms with Crippen LogP contribution in [-0.2, 0) is 27.1 Å². The number of anilines is 1. The molecule has 0 radical (unpaired) electrons. The fourth-order valence-electron chi connectivity index (χ4n) is 5.36. The number of fused-ring (bicyclic) bond motifs is 1. The summed E-state index contributed by atoms with van der Waals surface area (Å²) < 4.78 is 22.3. The molecule has 0 saturated carbocycles. The van der Waals surface area contributed by atoms with Gasteiger partial charge in [-0.3, -0.25) is 4.79 Å². The molecule has 42 heavy (non-hydrogen) atoms. The van der Waals surface area contributed by atoms with E-state index in [-0.39, 0.29) is 28.7 Å². The number of hydrogen-bond donors (Lipinski definition) is 5. The number of nitrogens with one attached hydrogen (secondary N) is 1. The smallest absolute Gasteiger partial charge is 0.404 e. The molecule has 12 nitrogen and oxygen atoms in total. The van der Waals surface area contributed by atoms with Crippen LogP contribution in [0.5, 0.6) is 11.5 Å². The van der Waals surface area contributed by atoms with Gasteiger partial charge < -0.3 is 45.0 Å². The van der Waals surface area contributed by atoms with Crippen LogP contribution in [0.3, 0.4) is 0 Å². The van der Waals surface area contributed by atoms with E-state index in [1.807, 2.05) is 0 Å². The molecule has 2 amide bonds. The molecule has 6 N–H and O–H groups in total. The molecular formula is C30H34N2O10. The minimum absolute atomic E-state index is 0.00469. The summed E-state index contributed by atoms with van der Waals surface area (Å²) in [5.41, 5.74) is 4.65. The van der Waals surface area contributed by atoms with Crippen molar-refractivity contribution in [2.45, 2.75) is 63.6 Å². The van der Waals surface area contributed by atoms with E-state index >= 15 is 0 Å². The van der Waals surface area contributed by atoms with Gasteiger partial charge in [0.2, 0.25) is 0 Å². The number of primary amides is 1. The number of rotatable bonds is 8. The van der Waals surface area contributed by atoms with Gasteiger partial charge in [-0.15, -0.1) is 6.58 Å². The number of amides is 2. The molecule has 1 saturated heterocycles. The van der Waals surface area contributed by atoms with Crippen molar-refractivity contribution in [1.29, 1.82) is 0 Å². The van der Waals surface area contributed by atoms with Crippen molar-refractivity contribution in [3.05, 3.63) is 75.7 Å². The highest BCUT2D eigenvalue weighted by Gasteiger charge is 2.51. The number of nitrogens with two attached hydrogens (primary N) is 1. The van der Waals surface area contributed by atoms with Gasteiger partial charge in [0.1, 0.15) is 23.5 Å². The molecular weight excluding hydrogens is 548 g/mol. The maximum absolute atomic E-state index is 12.9. The number of ether oxygens (including phenoxy) is 3. The molecule has 1 aliphatic heterocycles. The van der Waals surface area contributed by atoms with Gasteiger partial charge in [-0.1, -0.05) is 12.1 Å². The summed E-state index contributed by atoms with van der Waals surface area (Å²) in [4.78, 5) is 37.3. The Balaban J connectivity index is 1.64. The standard InChI is InChI=1S/C30H34N2O10/c1-6-7-16-12-17(9-11-19(16)33)27(36)32-21-22(34)18-10-8-15(14(2)24(18)40-28(21)37)13-20-23(35)25(41-29(31)38)26(39-5)30(3,4)42-20/h6,8-12,20,23,25-26,33-35H,1,7,13H2,2-5H3,(H2,31,38)(H,32,36)/t20-,23-,25-,26+/m0/s1. The fourth-order valence-corrected chi connectivity index (χ4v) is 5.36. The normalized spacial score (nSPS) is 21.5. The van der Waals surface area contributed by atoms with Crippen molar-refractivity contribution < 1.29 is 43.5 Å². The zero-order valence-corrected chi connectivity index (χ0v) is 23.7. The summed E-state index contributed by atoms with van der Waals surface area (Å²) in [5.74, 6) is -1.18. The number of phenols is 1.